The van der Waals surface area contributed by atoms with Crippen LogP contribution in [0.1, 0.15) is 5.56 Å². The normalized spacial score (nSPS) is 10.7. The topological polar surface area (TPSA) is 44.9 Å². The highest BCUT2D eigenvalue weighted by molar-refractivity contribution is 6.31. The predicted octanol–water partition coefficient (Wildman–Crippen LogP) is 4.23. The molecule has 0 spiro atoms. The molecule has 20 heavy (non-hydrogen) atoms. The van der Waals surface area contributed by atoms with Gasteiger partial charge in [0, 0.05) is 22.2 Å². The van der Waals surface area contributed by atoms with Crippen molar-refractivity contribution in [2.24, 2.45) is 0 Å². The van der Waals surface area contributed by atoms with Crippen molar-refractivity contribution < 1.29 is 0 Å². The molecule has 1 heterocycles. The summed E-state index contributed by atoms with van der Waals surface area (Å²) in [6.07, 6.45) is 0. The summed E-state index contributed by atoms with van der Waals surface area (Å²) >= 11 is 5.91. The van der Waals surface area contributed by atoms with Gasteiger partial charge < -0.3 is 10.3 Å². The molecule has 0 amide bonds. The Labute approximate surface area is 121 Å². The summed E-state index contributed by atoms with van der Waals surface area (Å²) < 4.78 is 0. The van der Waals surface area contributed by atoms with Crippen molar-refractivity contribution in [1.29, 1.82) is 0 Å². The van der Waals surface area contributed by atoms with Crippen LogP contribution in [0.2, 0.25) is 5.02 Å². The molecule has 0 aliphatic carbocycles. The first-order valence-electron chi connectivity index (χ1n) is 6.28. The summed E-state index contributed by atoms with van der Waals surface area (Å²) in [6.45, 7) is 2.03. The van der Waals surface area contributed by atoms with E-state index in [-0.39, 0.29) is 5.43 Å². The molecule has 2 N–H and O–H groups in total. The molecule has 3 nitrogen and oxygen atoms in total. The molecule has 100 valence electrons. The van der Waals surface area contributed by atoms with Gasteiger partial charge in [0.2, 0.25) is 0 Å². The summed E-state index contributed by atoms with van der Waals surface area (Å²) in [7, 11) is 0. The number of rotatable bonds is 2. The number of pyridine rings is 1. The van der Waals surface area contributed by atoms with Crippen molar-refractivity contribution in [3.8, 4) is 0 Å². The number of aromatic nitrogens is 1. The van der Waals surface area contributed by atoms with E-state index in [0.717, 1.165) is 11.2 Å². The van der Waals surface area contributed by atoms with Crippen molar-refractivity contribution in [2.75, 3.05) is 5.32 Å². The Kier molecular flexibility index (Phi) is 3.20. The molecule has 0 bridgehead atoms. The fraction of sp³-hybridized carbons (Fsp3) is 0.0625. The third-order valence-electron chi connectivity index (χ3n) is 3.12. The van der Waals surface area contributed by atoms with Gasteiger partial charge in [-0.3, -0.25) is 4.79 Å². The maximum absolute atomic E-state index is 12.1. The van der Waals surface area contributed by atoms with E-state index in [4.69, 9.17) is 11.6 Å². The molecule has 3 aromatic rings. The summed E-state index contributed by atoms with van der Waals surface area (Å²) in [6, 6.07) is 14.8. The van der Waals surface area contributed by atoms with Gasteiger partial charge in [-0.05, 0) is 37.3 Å². The first kappa shape index (κ1) is 12.8. The van der Waals surface area contributed by atoms with Gasteiger partial charge in [0.1, 0.15) is 5.82 Å². The number of halogens is 1. The van der Waals surface area contributed by atoms with Crippen LogP contribution in [-0.4, -0.2) is 4.98 Å². The molecule has 0 saturated carbocycles. The molecule has 0 radical (unpaired) electrons. The van der Waals surface area contributed by atoms with Gasteiger partial charge in [0.05, 0.1) is 5.52 Å². The van der Waals surface area contributed by atoms with Crippen LogP contribution >= 0.6 is 11.6 Å². The summed E-state index contributed by atoms with van der Waals surface area (Å²) in [5, 5.41) is 4.34. The van der Waals surface area contributed by atoms with E-state index in [1.165, 1.54) is 5.56 Å². The number of nitrogens with one attached hydrogen (secondary N) is 2. The van der Waals surface area contributed by atoms with Gasteiger partial charge in [-0.2, -0.15) is 0 Å². The number of anilines is 2. The first-order valence-corrected chi connectivity index (χ1v) is 6.66. The fourth-order valence-corrected chi connectivity index (χ4v) is 2.25. The van der Waals surface area contributed by atoms with Gasteiger partial charge in [-0.1, -0.05) is 29.3 Å². The first-order chi connectivity index (χ1) is 9.61. The van der Waals surface area contributed by atoms with Crippen LogP contribution in [-0.2, 0) is 0 Å². The Morgan fingerprint density at radius 1 is 1.05 bits per heavy atom. The van der Waals surface area contributed by atoms with Gasteiger partial charge in [0.25, 0.3) is 0 Å². The van der Waals surface area contributed by atoms with Gasteiger partial charge in [-0.25, -0.2) is 0 Å². The zero-order valence-corrected chi connectivity index (χ0v) is 11.7. The van der Waals surface area contributed by atoms with E-state index in [1.54, 1.807) is 24.3 Å². The van der Waals surface area contributed by atoms with Crippen LogP contribution in [0, 0.1) is 6.92 Å². The molecule has 0 fully saturated rings. The Bertz CT molecular complexity index is 822. The summed E-state index contributed by atoms with van der Waals surface area (Å²) in [5.41, 5.74) is 2.82. The second-order valence-corrected chi connectivity index (χ2v) is 5.16. The average Bonchev–Trinajstić information content (AvgIpc) is 2.42. The summed E-state index contributed by atoms with van der Waals surface area (Å²) in [4.78, 5) is 15.3. The molecule has 0 saturated heterocycles. The molecule has 0 aliphatic rings. The second kappa shape index (κ2) is 5.02. The zero-order valence-electron chi connectivity index (χ0n) is 10.9. The molecular formula is C16H13ClN2O. The van der Waals surface area contributed by atoms with Crippen molar-refractivity contribution in [2.45, 2.75) is 6.92 Å². The summed E-state index contributed by atoms with van der Waals surface area (Å²) in [5.74, 6) is 0.661. The molecular weight excluding hydrogens is 272 g/mol. The zero-order chi connectivity index (χ0) is 14.1. The number of aromatic amines is 1. The molecule has 2 aromatic carbocycles. The third kappa shape index (κ3) is 2.53. The minimum absolute atomic E-state index is 0.0594. The number of fused-ring (bicyclic) bond motifs is 1. The van der Waals surface area contributed by atoms with Crippen LogP contribution in [0.3, 0.4) is 0 Å². The fourth-order valence-electron chi connectivity index (χ4n) is 2.08. The maximum atomic E-state index is 12.1. The molecule has 0 aliphatic heterocycles. The van der Waals surface area contributed by atoms with E-state index in [2.05, 4.69) is 10.3 Å². The number of hydrogen-bond acceptors (Lipinski definition) is 2. The van der Waals surface area contributed by atoms with E-state index < -0.39 is 0 Å². The number of benzene rings is 2. The molecule has 3 rings (SSSR count). The van der Waals surface area contributed by atoms with E-state index in [9.17, 15) is 4.79 Å². The van der Waals surface area contributed by atoms with Gasteiger partial charge in [-0.15, -0.1) is 0 Å². The molecule has 0 atom stereocenters. The highest BCUT2D eigenvalue weighted by Crippen LogP contribution is 2.19. The lowest BCUT2D eigenvalue weighted by atomic mass is 10.2. The standard InChI is InChI=1S/C16H13ClN2O/c1-10-2-5-12(6-3-10)18-16-9-15(20)13-8-11(17)4-7-14(13)19-16/h2-9H,1H3,(H2,18,19,20). The van der Waals surface area contributed by atoms with Gasteiger partial charge in [0.15, 0.2) is 5.43 Å². The Morgan fingerprint density at radius 2 is 1.80 bits per heavy atom. The Hall–Kier alpha value is -2.26. The lowest BCUT2D eigenvalue weighted by molar-refractivity contribution is 1.35. The molecule has 0 unspecified atom stereocenters. The number of hydrogen-bond donors (Lipinski definition) is 2. The van der Waals surface area contributed by atoms with Crippen LogP contribution in [0.15, 0.2) is 53.3 Å². The maximum Gasteiger partial charge on any atom is 0.191 e. The van der Waals surface area contributed by atoms with Crippen LogP contribution in [0.4, 0.5) is 11.5 Å². The van der Waals surface area contributed by atoms with E-state index in [0.29, 0.717) is 16.2 Å². The highest BCUT2D eigenvalue weighted by atomic mass is 35.5. The lowest BCUT2D eigenvalue weighted by Gasteiger charge is -2.08. The smallest absolute Gasteiger partial charge is 0.191 e. The van der Waals surface area contributed by atoms with Crippen LogP contribution in [0.5, 0.6) is 0 Å². The minimum Gasteiger partial charge on any atom is -0.342 e. The van der Waals surface area contributed by atoms with E-state index in [1.807, 2.05) is 31.2 Å². The highest BCUT2D eigenvalue weighted by Gasteiger charge is 2.03. The molecule has 1 aromatic heterocycles. The van der Waals surface area contributed by atoms with Crippen molar-refractivity contribution >= 4 is 34.0 Å². The van der Waals surface area contributed by atoms with Crippen LogP contribution < -0.4 is 10.7 Å². The third-order valence-corrected chi connectivity index (χ3v) is 3.36. The monoisotopic (exact) mass is 284 g/mol. The van der Waals surface area contributed by atoms with Crippen molar-refractivity contribution in [1.82, 2.24) is 4.98 Å². The largest absolute Gasteiger partial charge is 0.342 e. The van der Waals surface area contributed by atoms with Gasteiger partial charge >= 0.3 is 0 Å². The SMILES string of the molecule is Cc1ccc(Nc2cc(=O)c3cc(Cl)ccc3[nH]2)cc1. The average molecular weight is 285 g/mol. The van der Waals surface area contributed by atoms with E-state index >= 15 is 0 Å². The Morgan fingerprint density at radius 3 is 2.55 bits per heavy atom. The second-order valence-electron chi connectivity index (χ2n) is 4.73. The van der Waals surface area contributed by atoms with Crippen molar-refractivity contribution in [3.05, 3.63) is 69.3 Å². The minimum atomic E-state index is -0.0594. The molecule has 4 heteroatoms. The lowest BCUT2D eigenvalue weighted by Crippen LogP contribution is -2.05. The quantitative estimate of drug-likeness (QED) is 0.739. The predicted molar refractivity (Wildman–Crippen MR) is 84.0 cm³/mol. The van der Waals surface area contributed by atoms with Crippen molar-refractivity contribution in [3.63, 3.8) is 0 Å². The Balaban J connectivity index is 2.02. The van der Waals surface area contributed by atoms with Crippen LogP contribution in [0.25, 0.3) is 10.9 Å². The number of H-pyrrole nitrogens is 1. The number of aryl methyl sites for hydroxylation is 1.